The second-order valence-electron chi connectivity index (χ2n) is 4.41. The molecule has 0 fully saturated rings. The molecule has 1 aromatic carbocycles. The molecular formula is C15H15F2N3O. The Bertz CT molecular complexity index is 626. The Balaban J connectivity index is 2.20. The molecule has 21 heavy (non-hydrogen) atoms. The minimum Gasteiger partial charge on any atom is -0.351 e. The molecule has 0 radical (unpaired) electrons. The van der Waals surface area contributed by atoms with Crippen LogP contribution in [0.25, 0.3) is 0 Å². The highest BCUT2D eigenvalue weighted by Crippen LogP contribution is 2.23. The largest absolute Gasteiger partial charge is 0.351 e. The predicted molar refractivity (Wildman–Crippen MR) is 76.5 cm³/mol. The molecule has 2 N–H and O–H groups in total. The Morgan fingerprint density at radius 3 is 2.62 bits per heavy atom. The van der Waals surface area contributed by atoms with Gasteiger partial charge in [-0.3, -0.25) is 9.78 Å². The number of benzene rings is 1. The molecule has 110 valence electrons. The summed E-state index contributed by atoms with van der Waals surface area (Å²) in [6.45, 7) is 2.48. The fraction of sp³-hybridized carbons (Fsp3) is 0.200. The van der Waals surface area contributed by atoms with Crippen molar-refractivity contribution in [2.75, 3.05) is 11.9 Å². The highest BCUT2D eigenvalue weighted by atomic mass is 19.1. The SMILES string of the molecule is CCCNC(=O)c1cc(Nc2c(F)cccc2F)ccn1. The van der Waals surface area contributed by atoms with Gasteiger partial charge in [0.05, 0.1) is 0 Å². The summed E-state index contributed by atoms with van der Waals surface area (Å²) in [5, 5.41) is 5.31. The van der Waals surface area contributed by atoms with Gasteiger partial charge in [-0.15, -0.1) is 0 Å². The molecule has 0 atom stereocenters. The topological polar surface area (TPSA) is 54.0 Å². The molecule has 0 saturated carbocycles. The van der Waals surface area contributed by atoms with E-state index in [1.54, 1.807) is 0 Å². The average molecular weight is 291 g/mol. The molecule has 0 spiro atoms. The lowest BCUT2D eigenvalue weighted by Crippen LogP contribution is -2.24. The number of rotatable bonds is 5. The van der Waals surface area contributed by atoms with E-state index >= 15 is 0 Å². The van der Waals surface area contributed by atoms with Crippen LogP contribution in [0.2, 0.25) is 0 Å². The maximum absolute atomic E-state index is 13.6. The van der Waals surface area contributed by atoms with Gasteiger partial charge in [0, 0.05) is 18.4 Å². The standard InChI is InChI=1S/C15H15F2N3O/c1-2-7-19-15(21)13-9-10(6-8-18-13)20-14-11(16)4-3-5-12(14)17/h3-6,8-9H,2,7H2,1H3,(H,18,20)(H,19,21). The van der Waals surface area contributed by atoms with Crippen molar-refractivity contribution >= 4 is 17.3 Å². The summed E-state index contributed by atoms with van der Waals surface area (Å²) < 4.78 is 27.1. The van der Waals surface area contributed by atoms with Crippen molar-refractivity contribution in [1.82, 2.24) is 10.3 Å². The van der Waals surface area contributed by atoms with E-state index in [9.17, 15) is 13.6 Å². The van der Waals surface area contributed by atoms with Crippen LogP contribution in [0, 0.1) is 11.6 Å². The first kappa shape index (κ1) is 14.9. The number of nitrogens with zero attached hydrogens (tertiary/aromatic N) is 1. The molecule has 0 aliphatic carbocycles. The molecular weight excluding hydrogens is 276 g/mol. The van der Waals surface area contributed by atoms with Crippen LogP contribution in [-0.4, -0.2) is 17.4 Å². The number of para-hydroxylation sites is 1. The molecule has 2 rings (SSSR count). The third kappa shape index (κ3) is 3.75. The Morgan fingerprint density at radius 1 is 1.24 bits per heavy atom. The van der Waals surface area contributed by atoms with E-state index in [4.69, 9.17) is 0 Å². The number of nitrogens with one attached hydrogen (secondary N) is 2. The summed E-state index contributed by atoms with van der Waals surface area (Å²) >= 11 is 0. The van der Waals surface area contributed by atoms with Crippen LogP contribution in [0.1, 0.15) is 23.8 Å². The summed E-state index contributed by atoms with van der Waals surface area (Å²) in [5.74, 6) is -1.73. The molecule has 0 aliphatic rings. The summed E-state index contributed by atoms with van der Waals surface area (Å²) in [5.41, 5.74) is 0.310. The molecule has 0 aliphatic heterocycles. The first-order valence-electron chi connectivity index (χ1n) is 6.57. The van der Waals surface area contributed by atoms with Crippen molar-refractivity contribution in [3.8, 4) is 0 Å². The highest BCUT2D eigenvalue weighted by Gasteiger charge is 2.11. The third-order valence-corrected chi connectivity index (χ3v) is 2.76. The summed E-state index contributed by atoms with van der Waals surface area (Å²) in [7, 11) is 0. The Labute approximate surface area is 121 Å². The van der Waals surface area contributed by atoms with E-state index in [2.05, 4.69) is 15.6 Å². The zero-order valence-electron chi connectivity index (χ0n) is 11.5. The zero-order valence-corrected chi connectivity index (χ0v) is 11.5. The zero-order chi connectivity index (χ0) is 15.2. The second-order valence-corrected chi connectivity index (χ2v) is 4.41. The Hall–Kier alpha value is -2.50. The molecule has 4 nitrogen and oxygen atoms in total. The molecule has 6 heteroatoms. The maximum Gasteiger partial charge on any atom is 0.269 e. The van der Waals surface area contributed by atoms with Gasteiger partial charge in [0.15, 0.2) is 0 Å². The van der Waals surface area contributed by atoms with E-state index in [1.165, 1.54) is 24.4 Å². The Morgan fingerprint density at radius 2 is 1.95 bits per heavy atom. The van der Waals surface area contributed by atoms with Crippen molar-refractivity contribution in [2.24, 2.45) is 0 Å². The van der Waals surface area contributed by atoms with E-state index in [0.717, 1.165) is 18.6 Å². The number of halogens is 2. The van der Waals surface area contributed by atoms with Gasteiger partial charge >= 0.3 is 0 Å². The monoisotopic (exact) mass is 291 g/mol. The first-order chi connectivity index (χ1) is 10.1. The van der Waals surface area contributed by atoms with Crippen LogP contribution in [0.4, 0.5) is 20.2 Å². The van der Waals surface area contributed by atoms with E-state index in [1.807, 2.05) is 6.92 Å². The number of aromatic nitrogens is 1. The van der Waals surface area contributed by atoms with Crippen LogP contribution < -0.4 is 10.6 Å². The minimum atomic E-state index is -0.705. The lowest BCUT2D eigenvalue weighted by molar-refractivity contribution is 0.0949. The van der Waals surface area contributed by atoms with Crippen molar-refractivity contribution < 1.29 is 13.6 Å². The van der Waals surface area contributed by atoms with Gasteiger partial charge in [0.2, 0.25) is 0 Å². The van der Waals surface area contributed by atoms with Gasteiger partial charge < -0.3 is 10.6 Å². The number of anilines is 2. The van der Waals surface area contributed by atoms with Crippen LogP contribution >= 0.6 is 0 Å². The lowest BCUT2D eigenvalue weighted by Gasteiger charge is -2.09. The molecule has 0 unspecified atom stereocenters. The number of pyridine rings is 1. The first-order valence-corrected chi connectivity index (χ1v) is 6.57. The number of carbonyl (C=O) groups excluding carboxylic acids is 1. The van der Waals surface area contributed by atoms with Crippen LogP contribution in [0.3, 0.4) is 0 Å². The van der Waals surface area contributed by atoms with E-state index < -0.39 is 11.6 Å². The minimum absolute atomic E-state index is 0.185. The van der Waals surface area contributed by atoms with Crippen molar-refractivity contribution in [1.29, 1.82) is 0 Å². The molecule has 1 amide bonds. The molecule has 1 aromatic heterocycles. The third-order valence-electron chi connectivity index (χ3n) is 2.76. The fourth-order valence-corrected chi connectivity index (χ4v) is 1.72. The average Bonchev–Trinajstić information content (AvgIpc) is 2.49. The van der Waals surface area contributed by atoms with E-state index in [0.29, 0.717) is 12.2 Å². The summed E-state index contributed by atoms with van der Waals surface area (Å²) in [4.78, 5) is 15.7. The second kappa shape index (κ2) is 6.78. The van der Waals surface area contributed by atoms with Crippen LogP contribution in [0.15, 0.2) is 36.5 Å². The van der Waals surface area contributed by atoms with Crippen molar-refractivity contribution in [2.45, 2.75) is 13.3 Å². The van der Waals surface area contributed by atoms with Crippen molar-refractivity contribution in [3.63, 3.8) is 0 Å². The quantitative estimate of drug-likeness (QED) is 0.889. The predicted octanol–water partition coefficient (Wildman–Crippen LogP) is 3.24. The lowest BCUT2D eigenvalue weighted by atomic mass is 10.2. The Kier molecular flexibility index (Phi) is 4.81. The highest BCUT2D eigenvalue weighted by molar-refractivity contribution is 5.93. The molecule has 0 saturated heterocycles. The van der Waals surface area contributed by atoms with Crippen molar-refractivity contribution in [3.05, 3.63) is 53.9 Å². The van der Waals surface area contributed by atoms with Gasteiger partial charge in [0.1, 0.15) is 23.0 Å². The van der Waals surface area contributed by atoms with Crippen LogP contribution in [0.5, 0.6) is 0 Å². The van der Waals surface area contributed by atoms with Gasteiger partial charge in [-0.25, -0.2) is 8.78 Å². The number of amides is 1. The van der Waals surface area contributed by atoms with E-state index in [-0.39, 0.29) is 17.3 Å². The number of hydrogen-bond acceptors (Lipinski definition) is 3. The van der Waals surface area contributed by atoms with Crippen LogP contribution in [-0.2, 0) is 0 Å². The number of carbonyl (C=O) groups is 1. The fourth-order valence-electron chi connectivity index (χ4n) is 1.72. The maximum atomic E-state index is 13.6. The van der Waals surface area contributed by atoms with Gasteiger partial charge in [-0.05, 0) is 30.7 Å². The van der Waals surface area contributed by atoms with Gasteiger partial charge in [-0.1, -0.05) is 13.0 Å². The number of hydrogen-bond donors (Lipinski definition) is 2. The van der Waals surface area contributed by atoms with Gasteiger partial charge in [0.25, 0.3) is 5.91 Å². The smallest absolute Gasteiger partial charge is 0.269 e. The summed E-state index contributed by atoms with van der Waals surface area (Å²) in [6, 6.07) is 6.56. The normalized spacial score (nSPS) is 10.2. The summed E-state index contributed by atoms with van der Waals surface area (Å²) in [6.07, 6.45) is 2.21. The molecule has 1 heterocycles. The van der Waals surface area contributed by atoms with Gasteiger partial charge in [-0.2, -0.15) is 0 Å². The molecule has 2 aromatic rings. The molecule has 0 bridgehead atoms.